The zero-order valence-electron chi connectivity index (χ0n) is 8.32. The highest BCUT2D eigenvalue weighted by molar-refractivity contribution is 7.99. The van der Waals surface area contributed by atoms with Crippen LogP contribution in [0.25, 0.3) is 0 Å². The molecular formula is C11H11NO2S. The van der Waals surface area contributed by atoms with Gasteiger partial charge in [-0.3, -0.25) is 0 Å². The van der Waals surface area contributed by atoms with Gasteiger partial charge in [-0.05, 0) is 12.1 Å². The summed E-state index contributed by atoms with van der Waals surface area (Å²) in [6.07, 6.45) is 1.49. The monoisotopic (exact) mass is 221 g/mol. The second-order valence-electron chi connectivity index (χ2n) is 3.10. The molecule has 1 aromatic rings. The Labute approximate surface area is 92.5 Å². The molecule has 0 unspecified atom stereocenters. The molecule has 0 bridgehead atoms. The lowest BCUT2D eigenvalue weighted by Gasteiger charge is -2.19. The molecule has 1 N–H and O–H groups in total. The third kappa shape index (κ3) is 2.33. The molecule has 4 heteroatoms. The van der Waals surface area contributed by atoms with Crippen LogP contribution in [0.1, 0.15) is 0 Å². The van der Waals surface area contributed by atoms with Crippen LogP contribution in [-0.2, 0) is 9.53 Å². The Morgan fingerprint density at radius 3 is 3.13 bits per heavy atom. The lowest BCUT2D eigenvalue weighted by Crippen LogP contribution is -2.11. The summed E-state index contributed by atoms with van der Waals surface area (Å²) < 4.78 is 4.58. The van der Waals surface area contributed by atoms with Gasteiger partial charge in [-0.1, -0.05) is 12.1 Å². The summed E-state index contributed by atoms with van der Waals surface area (Å²) in [5, 5.41) is 3.20. The molecule has 0 amide bonds. The third-order valence-electron chi connectivity index (χ3n) is 2.06. The first-order chi connectivity index (χ1) is 7.29. The molecule has 0 spiro atoms. The van der Waals surface area contributed by atoms with E-state index in [1.807, 2.05) is 18.2 Å². The summed E-state index contributed by atoms with van der Waals surface area (Å²) in [5.74, 6) is 0.448. The van der Waals surface area contributed by atoms with Crippen LogP contribution in [0.4, 0.5) is 5.69 Å². The fraction of sp³-hybridized carbons (Fsp3) is 0.182. The van der Waals surface area contributed by atoms with E-state index in [0.29, 0.717) is 0 Å². The zero-order chi connectivity index (χ0) is 10.7. The number of carbonyl (C=O) groups is 1. The van der Waals surface area contributed by atoms with Crippen LogP contribution >= 0.6 is 11.8 Å². The van der Waals surface area contributed by atoms with Gasteiger partial charge in [0.15, 0.2) is 0 Å². The van der Waals surface area contributed by atoms with E-state index in [2.05, 4.69) is 16.1 Å². The van der Waals surface area contributed by atoms with Gasteiger partial charge in [-0.2, -0.15) is 0 Å². The van der Waals surface area contributed by atoms with E-state index in [1.54, 1.807) is 11.8 Å². The summed E-state index contributed by atoms with van der Waals surface area (Å²) in [6.45, 7) is 0. The number of ether oxygens (including phenoxy) is 1. The molecule has 1 heterocycles. The van der Waals surface area contributed by atoms with Crippen LogP contribution in [0.2, 0.25) is 0 Å². The second-order valence-corrected chi connectivity index (χ2v) is 4.12. The van der Waals surface area contributed by atoms with Crippen molar-refractivity contribution in [2.45, 2.75) is 4.90 Å². The van der Waals surface area contributed by atoms with Crippen LogP contribution in [0.15, 0.2) is 40.9 Å². The maximum Gasteiger partial charge on any atom is 0.332 e. The summed E-state index contributed by atoms with van der Waals surface area (Å²) in [7, 11) is 1.38. The van der Waals surface area contributed by atoms with E-state index in [0.717, 1.165) is 17.1 Å². The van der Waals surface area contributed by atoms with Crippen molar-refractivity contribution in [2.24, 2.45) is 0 Å². The first-order valence-electron chi connectivity index (χ1n) is 4.57. The van der Waals surface area contributed by atoms with E-state index in [4.69, 9.17) is 0 Å². The standard InChI is InChI=1S/C11H11NO2S/c1-14-11(13)6-8-7-15-10-5-3-2-4-9(10)12-8/h2-6,12H,7H2,1H3/b8-6+. The van der Waals surface area contributed by atoms with Crippen molar-refractivity contribution < 1.29 is 9.53 Å². The number of anilines is 1. The SMILES string of the molecule is COC(=O)/C=C1\CSc2ccccc2N1. The quantitative estimate of drug-likeness (QED) is 0.583. The van der Waals surface area contributed by atoms with Crippen LogP contribution < -0.4 is 5.32 Å². The highest BCUT2D eigenvalue weighted by Gasteiger charge is 2.12. The van der Waals surface area contributed by atoms with E-state index in [1.165, 1.54) is 18.1 Å². The predicted octanol–water partition coefficient (Wildman–Crippen LogP) is 2.26. The molecule has 0 atom stereocenters. The van der Waals surface area contributed by atoms with Gasteiger partial charge in [0.2, 0.25) is 0 Å². The number of hydrogen-bond acceptors (Lipinski definition) is 4. The maximum atomic E-state index is 11.0. The molecule has 1 aliphatic rings. The van der Waals surface area contributed by atoms with Gasteiger partial charge in [0.25, 0.3) is 0 Å². The van der Waals surface area contributed by atoms with Crippen molar-refractivity contribution in [3.8, 4) is 0 Å². The van der Waals surface area contributed by atoms with Gasteiger partial charge in [-0.15, -0.1) is 11.8 Å². The lowest BCUT2D eigenvalue weighted by atomic mass is 10.3. The average Bonchev–Trinajstić information content (AvgIpc) is 2.29. The Morgan fingerprint density at radius 1 is 1.53 bits per heavy atom. The van der Waals surface area contributed by atoms with E-state index >= 15 is 0 Å². The summed E-state index contributed by atoms with van der Waals surface area (Å²) in [4.78, 5) is 12.3. The first kappa shape index (κ1) is 10.1. The predicted molar refractivity (Wildman–Crippen MR) is 60.9 cm³/mol. The molecule has 0 fully saturated rings. The van der Waals surface area contributed by atoms with Gasteiger partial charge in [0.1, 0.15) is 0 Å². The largest absolute Gasteiger partial charge is 0.466 e. The molecule has 0 saturated carbocycles. The van der Waals surface area contributed by atoms with Crippen molar-refractivity contribution in [1.82, 2.24) is 0 Å². The highest BCUT2D eigenvalue weighted by Crippen LogP contribution is 2.33. The second kappa shape index (κ2) is 4.40. The molecule has 2 rings (SSSR count). The number of nitrogens with one attached hydrogen (secondary N) is 1. The summed E-state index contributed by atoms with van der Waals surface area (Å²) in [6, 6.07) is 8.02. The number of methoxy groups -OCH3 is 1. The number of benzene rings is 1. The molecule has 0 aromatic heterocycles. The van der Waals surface area contributed by atoms with Crippen LogP contribution in [0.3, 0.4) is 0 Å². The summed E-state index contributed by atoms with van der Waals surface area (Å²) in [5.41, 5.74) is 1.93. The Kier molecular flexibility index (Phi) is 2.97. The Bertz CT molecular complexity index is 415. The smallest absolute Gasteiger partial charge is 0.332 e. The molecular weight excluding hydrogens is 210 g/mol. The van der Waals surface area contributed by atoms with Gasteiger partial charge >= 0.3 is 5.97 Å². The number of rotatable bonds is 1. The minimum Gasteiger partial charge on any atom is -0.466 e. The molecule has 0 radical (unpaired) electrons. The third-order valence-corrected chi connectivity index (χ3v) is 3.18. The van der Waals surface area contributed by atoms with E-state index in [-0.39, 0.29) is 5.97 Å². The van der Waals surface area contributed by atoms with Gasteiger partial charge in [0.05, 0.1) is 12.8 Å². The number of fused-ring (bicyclic) bond motifs is 1. The Balaban J connectivity index is 2.19. The molecule has 78 valence electrons. The number of para-hydroxylation sites is 1. The number of thioether (sulfide) groups is 1. The number of hydrogen-bond donors (Lipinski definition) is 1. The molecule has 3 nitrogen and oxygen atoms in total. The Hall–Kier alpha value is -1.42. The minimum atomic E-state index is -0.322. The van der Waals surface area contributed by atoms with Gasteiger partial charge < -0.3 is 10.1 Å². The van der Waals surface area contributed by atoms with Gasteiger partial charge in [-0.25, -0.2) is 4.79 Å². The first-order valence-corrected chi connectivity index (χ1v) is 5.55. The van der Waals surface area contributed by atoms with Crippen molar-refractivity contribution in [3.63, 3.8) is 0 Å². The van der Waals surface area contributed by atoms with E-state index in [9.17, 15) is 4.79 Å². The molecule has 1 aromatic carbocycles. The molecule has 0 aliphatic carbocycles. The van der Waals surface area contributed by atoms with Crippen LogP contribution in [0.5, 0.6) is 0 Å². The molecule has 1 aliphatic heterocycles. The highest BCUT2D eigenvalue weighted by atomic mass is 32.2. The van der Waals surface area contributed by atoms with Crippen LogP contribution in [-0.4, -0.2) is 18.8 Å². The van der Waals surface area contributed by atoms with Crippen LogP contribution in [0, 0.1) is 0 Å². The van der Waals surface area contributed by atoms with Crippen molar-refractivity contribution >= 4 is 23.4 Å². The Morgan fingerprint density at radius 2 is 2.33 bits per heavy atom. The topological polar surface area (TPSA) is 38.3 Å². The molecule has 15 heavy (non-hydrogen) atoms. The number of esters is 1. The van der Waals surface area contributed by atoms with Crippen molar-refractivity contribution in [1.29, 1.82) is 0 Å². The van der Waals surface area contributed by atoms with Crippen molar-refractivity contribution in [2.75, 3.05) is 18.2 Å². The van der Waals surface area contributed by atoms with Gasteiger partial charge in [0, 0.05) is 22.4 Å². The fourth-order valence-corrected chi connectivity index (χ4v) is 2.26. The zero-order valence-corrected chi connectivity index (χ0v) is 9.14. The van der Waals surface area contributed by atoms with Crippen molar-refractivity contribution in [3.05, 3.63) is 36.0 Å². The lowest BCUT2D eigenvalue weighted by molar-refractivity contribution is -0.134. The molecule has 0 saturated heterocycles. The fourth-order valence-electron chi connectivity index (χ4n) is 1.34. The summed E-state index contributed by atoms with van der Waals surface area (Å²) >= 11 is 1.71. The van der Waals surface area contributed by atoms with E-state index < -0.39 is 0 Å². The minimum absolute atomic E-state index is 0.322. The number of carbonyl (C=O) groups excluding carboxylic acids is 1. The normalized spacial score (nSPS) is 16.7. The maximum absolute atomic E-state index is 11.0. The average molecular weight is 221 g/mol.